The van der Waals surface area contributed by atoms with Gasteiger partial charge in [-0.3, -0.25) is 0 Å². The van der Waals surface area contributed by atoms with Crippen LogP contribution in [-0.4, -0.2) is 5.54 Å². The zero-order valence-corrected chi connectivity index (χ0v) is 20.1. The van der Waals surface area contributed by atoms with E-state index in [1.165, 1.54) is 108 Å². The highest BCUT2D eigenvalue weighted by Gasteiger charge is 2.24. The summed E-state index contributed by atoms with van der Waals surface area (Å²) in [5.74, 6) is 0.625. The van der Waals surface area contributed by atoms with Crippen molar-refractivity contribution in [2.24, 2.45) is 11.7 Å². The van der Waals surface area contributed by atoms with Crippen LogP contribution in [0.3, 0.4) is 0 Å². The van der Waals surface area contributed by atoms with Gasteiger partial charge in [0.1, 0.15) is 0 Å². The van der Waals surface area contributed by atoms with Crippen molar-refractivity contribution in [3.8, 4) is 0 Å². The lowest BCUT2D eigenvalue weighted by Crippen LogP contribution is -2.41. The normalized spacial score (nSPS) is 13.0. The van der Waals surface area contributed by atoms with Gasteiger partial charge in [0.15, 0.2) is 0 Å². The highest BCUT2D eigenvalue weighted by Crippen LogP contribution is 2.26. The number of hydrogen-bond donors (Lipinski definition) is 1. The minimum absolute atomic E-state index is 0.0642. The Morgan fingerprint density at radius 3 is 1.55 bits per heavy atom. The monoisotopic (exact) mass is 401 g/mol. The molecule has 1 aromatic carbocycles. The van der Waals surface area contributed by atoms with Crippen molar-refractivity contribution in [3.63, 3.8) is 0 Å². The molecule has 168 valence electrons. The molecule has 0 aliphatic rings. The van der Waals surface area contributed by atoms with E-state index in [-0.39, 0.29) is 5.54 Å². The minimum atomic E-state index is -0.0642. The van der Waals surface area contributed by atoms with E-state index in [4.69, 9.17) is 5.73 Å². The first kappa shape index (κ1) is 26.2. The van der Waals surface area contributed by atoms with Crippen LogP contribution in [0, 0.1) is 5.92 Å². The van der Waals surface area contributed by atoms with Crippen LogP contribution in [-0.2, 0) is 6.42 Å². The molecule has 0 radical (unpaired) electrons. The van der Waals surface area contributed by atoms with Crippen molar-refractivity contribution in [1.82, 2.24) is 0 Å². The third kappa shape index (κ3) is 14.8. The third-order valence-corrected chi connectivity index (χ3v) is 6.58. The second-order valence-electron chi connectivity index (χ2n) is 9.93. The summed E-state index contributed by atoms with van der Waals surface area (Å²) in [6, 6.07) is 10.9. The molecule has 0 heterocycles. The predicted octanol–water partition coefficient (Wildman–Crippen LogP) is 8.84. The Labute approximate surface area is 183 Å². The van der Waals surface area contributed by atoms with Gasteiger partial charge in [0.25, 0.3) is 0 Å². The Bertz CT molecular complexity index is 459. The maximum atomic E-state index is 6.50. The standard InChI is InChI=1S/C28H51N/c1-4-5-6-7-8-9-10-11-12-13-14-15-16-20-23-27(28(2,3)29)25-24-26-21-18-17-19-22-26/h17-19,21-22,27H,4-16,20,23-25,29H2,1-3H3. The number of rotatable bonds is 19. The van der Waals surface area contributed by atoms with Crippen LogP contribution < -0.4 is 5.73 Å². The summed E-state index contributed by atoms with van der Waals surface area (Å²) in [6.07, 6.45) is 23.6. The molecule has 1 aromatic rings. The van der Waals surface area contributed by atoms with Gasteiger partial charge in [-0.15, -0.1) is 0 Å². The Morgan fingerprint density at radius 2 is 1.10 bits per heavy atom. The lowest BCUT2D eigenvalue weighted by molar-refractivity contribution is 0.275. The first-order chi connectivity index (χ1) is 14.0. The average molecular weight is 402 g/mol. The molecule has 0 aromatic heterocycles. The van der Waals surface area contributed by atoms with Crippen LogP contribution in [0.4, 0.5) is 0 Å². The quantitative estimate of drug-likeness (QED) is 0.230. The highest BCUT2D eigenvalue weighted by molar-refractivity contribution is 5.14. The molecule has 0 fully saturated rings. The molecule has 0 aliphatic heterocycles. The minimum Gasteiger partial charge on any atom is -0.325 e. The maximum Gasteiger partial charge on any atom is 0.0125 e. The predicted molar refractivity (Wildman–Crippen MR) is 131 cm³/mol. The van der Waals surface area contributed by atoms with Gasteiger partial charge in [0.05, 0.1) is 0 Å². The first-order valence-electron chi connectivity index (χ1n) is 12.9. The molecular weight excluding hydrogens is 350 g/mol. The fourth-order valence-electron chi connectivity index (χ4n) is 4.46. The fraction of sp³-hybridized carbons (Fsp3) is 0.786. The molecule has 29 heavy (non-hydrogen) atoms. The number of hydrogen-bond acceptors (Lipinski definition) is 1. The Kier molecular flexibility index (Phi) is 15.3. The van der Waals surface area contributed by atoms with Gasteiger partial charge in [0, 0.05) is 5.54 Å². The van der Waals surface area contributed by atoms with Gasteiger partial charge in [-0.1, -0.05) is 127 Å². The van der Waals surface area contributed by atoms with E-state index in [0.717, 1.165) is 6.42 Å². The largest absolute Gasteiger partial charge is 0.325 e. The molecule has 0 saturated carbocycles. The van der Waals surface area contributed by atoms with Crippen molar-refractivity contribution in [2.45, 2.75) is 135 Å². The number of aryl methyl sites for hydroxylation is 1. The van der Waals surface area contributed by atoms with Crippen molar-refractivity contribution in [2.75, 3.05) is 0 Å². The summed E-state index contributed by atoms with van der Waals surface area (Å²) in [5.41, 5.74) is 7.88. The molecular formula is C28H51N. The highest BCUT2D eigenvalue weighted by atomic mass is 14.7. The molecule has 0 saturated heterocycles. The lowest BCUT2D eigenvalue weighted by atomic mass is 9.80. The van der Waals surface area contributed by atoms with E-state index in [2.05, 4.69) is 51.1 Å². The van der Waals surface area contributed by atoms with E-state index in [0.29, 0.717) is 5.92 Å². The van der Waals surface area contributed by atoms with Crippen molar-refractivity contribution in [1.29, 1.82) is 0 Å². The lowest BCUT2D eigenvalue weighted by Gasteiger charge is -2.31. The summed E-state index contributed by atoms with van der Waals surface area (Å²) in [7, 11) is 0. The molecule has 1 atom stereocenters. The van der Waals surface area contributed by atoms with Crippen LogP contribution in [0.5, 0.6) is 0 Å². The Morgan fingerprint density at radius 1 is 0.655 bits per heavy atom. The molecule has 2 N–H and O–H groups in total. The smallest absolute Gasteiger partial charge is 0.0125 e. The summed E-state index contributed by atoms with van der Waals surface area (Å²) in [4.78, 5) is 0. The van der Waals surface area contributed by atoms with Crippen molar-refractivity contribution >= 4 is 0 Å². The van der Waals surface area contributed by atoms with Gasteiger partial charge in [0.2, 0.25) is 0 Å². The second kappa shape index (κ2) is 16.9. The molecule has 0 spiro atoms. The Balaban J connectivity index is 1.99. The van der Waals surface area contributed by atoms with Crippen molar-refractivity contribution < 1.29 is 0 Å². The van der Waals surface area contributed by atoms with Gasteiger partial charge in [-0.2, -0.15) is 0 Å². The summed E-state index contributed by atoms with van der Waals surface area (Å²) >= 11 is 0. The number of benzene rings is 1. The van der Waals surface area contributed by atoms with Gasteiger partial charge in [-0.05, 0) is 44.6 Å². The summed E-state index contributed by atoms with van der Waals surface area (Å²) < 4.78 is 0. The molecule has 1 unspecified atom stereocenters. The number of nitrogens with two attached hydrogens (primary N) is 1. The SMILES string of the molecule is CCCCCCCCCCCCCCCCC(CCc1ccccc1)C(C)(C)N. The van der Waals surface area contributed by atoms with Gasteiger partial charge in [-0.25, -0.2) is 0 Å². The zero-order valence-electron chi connectivity index (χ0n) is 20.1. The van der Waals surface area contributed by atoms with Gasteiger partial charge < -0.3 is 5.73 Å². The number of unbranched alkanes of at least 4 members (excludes halogenated alkanes) is 13. The van der Waals surface area contributed by atoms with Crippen LogP contribution in [0.1, 0.15) is 129 Å². The summed E-state index contributed by atoms with van der Waals surface area (Å²) in [5, 5.41) is 0. The maximum absolute atomic E-state index is 6.50. The van der Waals surface area contributed by atoms with E-state index < -0.39 is 0 Å². The zero-order chi connectivity index (χ0) is 21.2. The van der Waals surface area contributed by atoms with E-state index in [1.807, 2.05) is 0 Å². The Hall–Kier alpha value is -0.820. The van der Waals surface area contributed by atoms with Crippen LogP contribution in [0.25, 0.3) is 0 Å². The van der Waals surface area contributed by atoms with E-state index in [1.54, 1.807) is 0 Å². The third-order valence-electron chi connectivity index (χ3n) is 6.58. The molecule has 0 bridgehead atoms. The molecule has 1 heteroatoms. The fourth-order valence-corrected chi connectivity index (χ4v) is 4.46. The first-order valence-corrected chi connectivity index (χ1v) is 12.9. The molecule has 1 rings (SSSR count). The molecule has 0 amide bonds. The van der Waals surface area contributed by atoms with Crippen molar-refractivity contribution in [3.05, 3.63) is 35.9 Å². The van der Waals surface area contributed by atoms with E-state index in [9.17, 15) is 0 Å². The van der Waals surface area contributed by atoms with Crippen LogP contribution in [0.2, 0.25) is 0 Å². The summed E-state index contributed by atoms with van der Waals surface area (Å²) in [6.45, 7) is 6.72. The van der Waals surface area contributed by atoms with Crippen LogP contribution in [0.15, 0.2) is 30.3 Å². The van der Waals surface area contributed by atoms with Gasteiger partial charge >= 0.3 is 0 Å². The topological polar surface area (TPSA) is 26.0 Å². The van der Waals surface area contributed by atoms with E-state index >= 15 is 0 Å². The van der Waals surface area contributed by atoms with Crippen LogP contribution >= 0.6 is 0 Å². The molecule has 1 nitrogen and oxygen atoms in total. The molecule has 0 aliphatic carbocycles. The average Bonchev–Trinajstić information content (AvgIpc) is 2.70. The second-order valence-corrected chi connectivity index (χ2v) is 9.93.